The van der Waals surface area contributed by atoms with E-state index in [9.17, 15) is 9.18 Å². The Morgan fingerprint density at radius 3 is 2.34 bits per heavy atom. The van der Waals surface area contributed by atoms with Crippen LogP contribution in [0.25, 0.3) is 16.9 Å². The summed E-state index contributed by atoms with van der Waals surface area (Å²) in [6, 6.07) is 23.1. The van der Waals surface area contributed by atoms with Gasteiger partial charge in [0.15, 0.2) is 0 Å². The SMILES string of the molecule is Cc1ccc(NC(=O)c2cc(-c3ccccc3F)nn2-c2ccccc2)cc1C. The molecule has 5 heteroatoms. The molecule has 1 heterocycles. The third kappa shape index (κ3) is 3.80. The van der Waals surface area contributed by atoms with Crippen LogP contribution in [-0.2, 0) is 0 Å². The molecule has 0 atom stereocenters. The summed E-state index contributed by atoms with van der Waals surface area (Å²) in [4.78, 5) is 13.1. The Kier molecular flexibility index (Phi) is 4.96. The van der Waals surface area contributed by atoms with Gasteiger partial charge in [0, 0.05) is 11.3 Å². The topological polar surface area (TPSA) is 46.9 Å². The van der Waals surface area contributed by atoms with Gasteiger partial charge in [0.05, 0.1) is 11.4 Å². The van der Waals surface area contributed by atoms with E-state index in [1.807, 2.05) is 62.4 Å². The van der Waals surface area contributed by atoms with Gasteiger partial charge in [0.25, 0.3) is 5.91 Å². The summed E-state index contributed by atoms with van der Waals surface area (Å²) in [6.45, 7) is 4.02. The molecular weight excluding hydrogens is 365 g/mol. The molecule has 0 aliphatic heterocycles. The molecule has 1 N–H and O–H groups in total. The Morgan fingerprint density at radius 2 is 1.62 bits per heavy atom. The Hall–Kier alpha value is -3.73. The smallest absolute Gasteiger partial charge is 0.274 e. The molecule has 3 aromatic carbocycles. The molecule has 0 fully saturated rings. The lowest BCUT2D eigenvalue weighted by Gasteiger charge is -2.09. The molecule has 0 bridgehead atoms. The van der Waals surface area contributed by atoms with Crippen molar-refractivity contribution in [2.75, 3.05) is 5.32 Å². The number of carbonyl (C=O) groups is 1. The van der Waals surface area contributed by atoms with Gasteiger partial charge >= 0.3 is 0 Å². The molecule has 0 aliphatic carbocycles. The summed E-state index contributed by atoms with van der Waals surface area (Å²) in [6.07, 6.45) is 0. The van der Waals surface area contributed by atoms with Gasteiger partial charge < -0.3 is 5.32 Å². The number of aromatic nitrogens is 2. The summed E-state index contributed by atoms with van der Waals surface area (Å²) in [5.41, 5.74) is 4.74. The largest absolute Gasteiger partial charge is 0.321 e. The molecule has 144 valence electrons. The molecule has 4 nitrogen and oxygen atoms in total. The Bertz CT molecular complexity index is 1180. The van der Waals surface area contributed by atoms with E-state index in [0.29, 0.717) is 22.6 Å². The number of nitrogens with one attached hydrogen (secondary N) is 1. The first-order chi connectivity index (χ1) is 14.0. The number of halogens is 1. The van der Waals surface area contributed by atoms with E-state index >= 15 is 0 Å². The molecule has 0 spiro atoms. The highest BCUT2D eigenvalue weighted by Gasteiger charge is 2.19. The minimum absolute atomic E-state index is 0.313. The highest BCUT2D eigenvalue weighted by Crippen LogP contribution is 2.25. The lowest BCUT2D eigenvalue weighted by atomic mass is 10.1. The van der Waals surface area contributed by atoms with Crippen LogP contribution < -0.4 is 5.32 Å². The first kappa shape index (κ1) is 18.6. The fraction of sp³-hybridized carbons (Fsp3) is 0.0833. The van der Waals surface area contributed by atoms with Crippen LogP contribution in [0.3, 0.4) is 0 Å². The fourth-order valence-corrected chi connectivity index (χ4v) is 3.12. The van der Waals surface area contributed by atoms with Crippen LogP contribution in [0, 0.1) is 19.7 Å². The van der Waals surface area contributed by atoms with Gasteiger partial charge in [-0.2, -0.15) is 5.10 Å². The number of hydrogen-bond acceptors (Lipinski definition) is 2. The van der Waals surface area contributed by atoms with E-state index in [-0.39, 0.29) is 11.7 Å². The van der Waals surface area contributed by atoms with Gasteiger partial charge in [0.2, 0.25) is 0 Å². The summed E-state index contributed by atoms with van der Waals surface area (Å²) in [5, 5.41) is 7.44. The first-order valence-corrected chi connectivity index (χ1v) is 9.32. The quantitative estimate of drug-likeness (QED) is 0.501. The zero-order chi connectivity index (χ0) is 20.4. The van der Waals surface area contributed by atoms with Crippen molar-refractivity contribution in [3.05, 3.63) is 102 Å². The molecule has 4 aromatic rings. The maximum Gasteiger partial charge on any atom is 0.274 e. The molecule has 1 amide bonds. The highest BCUT2D eigenvalue weighted by molar-refractivity contribution is 6.04. The van der Waals surface area contributed by atoms with Crippen LogP contribution in [0.5, 0.6) is 0 Å². The molecule has 0 saturated carbocycles. The predicted molar refractivity (Wildman–Crippen MR) is 113 cm³/mol. The lowest BCUT2D eigenvalue weighted by Crippen LogP contribution is -2.17. The normalized spacial score (nSPS) is 10.7. The number of para-hydroxylation sites is 1. The van der Waals surface area contributed by atoms with Gasteiger partial charge in [-0.15, -0.1) is 0 Å². The fourth-order valence-electron chi connectivity index (χ4n) is 3.12. The minimum atomic E-state index is -0.383. The molecule has 0 radical (unpaired) electrons. The second-order valence-corrected chi connectivity index (χ2v) is 6.90. The van der Waals surface area contributed by atoms with Crippen LogP contribution >= 0.6 is 0 Å². The number of aryl methyl sites for hydroxylation is 2. The maximum atomic E-state index is 14.3. The zero-order valence-electron chi connectivity index (χ0n) is 16.2. The van der Waals surface area contributed by atoms with Crippen molar-refractivity contribution in [1.29, 1.82) is 0 Å². The number of amides is 1. The Balaban J connectivity index is 1.77. The Labute approximate surface area is 168 Å². The van der Waals surface area contributed by atoms with Crippen LogP contribution in [0.15, 0.2) is 78.9 Å². The van der Waals surface area contributed by atoms with Crippen LogP contribution in [0.1, 0.15) is 21.6 Å². The van der Waals surface area contributed by atoms with Gasteiger partial charge in [0.1, 0.15) is 11.5 Å². The van der Waals surface area contributed by atoms with E-state index < -0.39 is 0 Å². The van der Waals surface area contributed by atoms with E-state index in [4.69, 9.17) is 0 Å². The van der Waals surface area contributed by atoms with Crippen LogP contribution in [0.2, 0.25) is 0 Å². The summed E-state index contributed by atoms with van der Waals surface area (Å²) < 4.78 is 15.8. The molecule has 29 heavy (non-hydrogen) atoms. The molecule has 0 saturated heterocycles. The van der Waals surface area contributed by atoms with Crippen molar-refractivity contribution < 1.29 is 9.18 Å². The van der Waals surface area contributed by atoms with Crippen molar-refractivity contribution in [2.45, 2.75) is 13.8 Å². The highest BCUT2D eigenvalue weighted by atomic mass is 19.1. The monoisotopic (exact) mass is 385 g/mol. The average Bonchev–Trinajstić information content (AvgIpc) is 3.17. The molecule has 0 aliphatic rings. The van der Waals surface area contributed by atoms with Crippen molar-refractivity contribution in [1.82, 2.24) is 9.78 Å². The molecular formula is C24H20FN3O. The standard InChI is InChI=1S/C24H20FN3O/c1-16-12-13-18(14-17(16)2)26-24(29)23-15-22(20-10-6-7-11-21(20)25)27-28(23)19-8-4-3-5-9-19/h3-15H,1-2H3,(H,26,29). The number of nitrogens with zero attached hydrogens (tertiary/aromatic N) is 2. The third-order valence-electron chi connectivity index (χ3n) is 4.86. The summed E-state index contributed by atoms with van der Waals surface area (Å²) in [7, 11) is 0. The van der Waals surface area contributed by atoms with E-state index in [1.54, 1.807) is 24.3 Å². The van der Waals surface area contributed by atoms with Crippen molar-refractivity contribution in [3.63, 3.8) is 0 Å². The number of rotatable bonds is 4. The lowest BCUT2D eigenvalue weighted by molar-refractivity contribution is 0.101. The van der Waals surface area contributed by atoms with Gasteiger partial charge in [-0.3, -0.25) is 4.79 Å². The van der Waals surface area contributed by atoms with Gasteiger partial charge in [-0.05, 0) is 67.4 Å². The predicted octanol–water partition coefficient (Wildman–Crippen LogP) is 5.55. The van der Waals surface area contributed by atoms with Crippen LogP contribution in [-0.4, -0.2) is 15.7 Å². The molecule has 1 aromatic heterocycles. The van der Waals surface area contributed by atoms with E-state index in [1.165, 1.54) is 10.7 Å². The van der Waals surface area contributed by atoms with Crippen LogP contribution in [0.4, 0.5) is 10.1 Å². The number of hydrogen-bond donors (Lipinski definition) is 1. The van der Waals surface area contributed by atoms with Gasteiger partial charge in [-0.25, -0.2) is 9.07 Å². The molecule has 0 unspecified atom stereocenters. The average molecular weight is 385 g/mol. The van der Waals surface area contributed by atoms with Crippen molar-refractivity contribution in [2.24, 2.45) is 0 Å². The number of anilines is 1. The minimum Gasteiger partial charge on any atom is -0.321 e. The zero-order valence-corrected chi connectivity index (χ0v) is 16.2. The maximum absolute atomic E-state index is 14.3. The van der Waals surface area contributed by atoms with E-state index in [0.717, 1.165) is 16.8 Å². The third-order valence-corrected chi connectivity index (χ3v) is 4.86. The van der Waals surface area contributed by atoms with Gasteiger partial charge in [-0.1, -0.05) is 36.4 Å². The van der Waals surface area contributed by atoms with Crippen molar-refractivity contribution >= 4 is 11.6 Å². The van der Waals surface area contributed by atoms with Crippen molar-refractivity contribution in [3.8, 4) is 16.9 Å². The summed E-state index contributed by atoms with van der Waals surface area (Å²) in [5.74, 6) is -0.696. The first-order valence-electron chi connectivity index (χ1n) is 9.32. The number of benzene rings is 3. The second-order valence-electron chi connectivity index (χ2n) is 6.90. The summed E-state index contributed by atoms with van der Waals surface area (Å²) >= 11 is 0. The van der Waals surface area contributed by atoms with E-state index in [2.05, 4.69) is 10.4 Å². The Morgan fingerprint density at radius 1 is 0.897 bits per heavy atom. The number of carbonyl (C=O) groups excluding carboxylic acids is 1. The molecule has 4 rings (SSSR count). The second kappa shape index (κ2) is 7.72.